The number of hydrogen-bond donors (Lipinski definition) is 2. The van der Waals surface area contributed by atoms with Crippen LogP contribution in [-0.4, -0.2) is 39.9 Å². The van der Waals surface area contributed by atoms with Gasteiger partial charge in [-0.15, -0.1) is 0 Å². The van der Waals surface area contributed by atoms with E-state index in [1.54, 1.807) is 74.6 Å². The van der Waals surface area contributed by atoms with Gasteiger partial charge in [-0.2, -0.15) is 0 Å². The monoisotopic (exact) mass is 346 g/mol. The summed E-state index contributed by atoms with van der Waals surface area (Å²) in [6, 6.07) is 7.80. The van der Waals surface area contributed by atoms with Gasteiger partial charge in [0.25, 0.3) is 0 Å². The Labute approximate surface area is 150 Å². The number of nitrogens with one attached hydrogen (secondary N) is 2. The fourth-order valence-electron chi connectivity index (χ4n) is 1.59. The van der Waals surface area contributed by atoms with Crippen LogP contribution in [0.5, 0.6) is 0 Å². The van der Waals surface area contributed by atoms with Gasteiger partial charge < -0.3 is 9.97 Å². The molecule has 26 heavy (non-hydrogen) atoms. The highest BCUT2D eigenvalue weighted by Crippen LogP contribution is 2.04. The zero-order valence-corrected chi connectivity index (χ0v) is 13.9. The minimum atomic E-state index is 0.949. The molecule has 8 nitrogen and oxygen atoms in total. The number of nitrogens with zero attached hydrogens (tertiary/aromatic N) is 6. The number of benzene rings is 1. The van der Waals surface area contributed by atoms with Gasteiger partial charge in [-0.05, 0) is 12.1 Å². The fraction of sp³-hybridized carbons (Fsp3) is 0. The lowest BCUT2D eigenvalue weighted by atomic mass is 10.3. The summed E-state index contributed by atoms with van der Waals surface area (Å²) in [5.74, 6) is 0. The second-order valence-electron chi connectivity index (χ2n) is 4.46. The van der Waals surface area contributed by atoms with Gasteiger partial charge in [0.05, 0.1) is 23.7 Å². The maximum absolute atomic E-state index is 4.12. The summed E-state index contributed by atoms with van der Waals surface area (Å²) >= 11 is 0. The lowest BCUT2D eigenvalue weighted by molar-refractivity contribution is 1.20. The Balaban J connectivity index is 0.000000132. The highest BCUT2D eigenvalue weighted by atomic mass is 14.8. The summed E-state index contributed by atoms with van der Waals surface area (Å²) in [7, 11) is 0. The Morgan fingerprint density at radius 3 is 1.23 bits per heavy atom. The molecule has 2 N–H and O–H groups in total. The molecule has 5 aromatic rings. The zero-order chi connectivity index (χ0) is 18.1. The van der Waals surface area contributed by atoms with E-state index in [2.05, 4.69) is 39.9 Å². The van der Waals surface area contributed by atoms with Crippen LogP contribution in [0.15, 0.2) is 98.9 Å². The maximum atomic E-state index is 4.12. The quantitative estimate of drug-likeness (QED) is 0.446. The minimum absolute atomic E-state index is 0.949. The van der Waals surface area contributed by atoms with E-state index in [1.807, 2.05) is 24.3 Å². The molecule has 8 heteroatoms. The lowest BCUT2D eigenvalue weighted by Gasteiger charge is -1.90. The SMILES string of the molecule is c1c[nH]cn1.c1c[nH]cn1.c1ccc2nccnc2c1.c1cnccn1. The number of hydrogen-bond acceptors (Lipinski definition) is 6. The average Bonchev–Trinajstić information content (AvgIpc) is 3.49. The van der Waals surface area contributed by atoms with Crippen molar-refractivity contribution >= 4 is 11.0 Å². The van der Waals surface area contributed by atoms with E-state index in [-0.39, 0.29) is 0 Å². The first-order chi connectivity index (χ1) is 13.0. The maximum Gasteiger partial charge on any atom is 0.0919 e. The Kier molecular flexibility index (Phi) is 8.83. The Bertz CT molecular complexity index is 740. The molecule has 4 aromatic heterocycles. The molecule has 0 fully saturated rings. The van der Waals surface area contributed by atoms with E-state index in [9.17, 15) is 0 Å². The molecular formula is C18H18N8. The smallest absolute Gasteiger partial charge is 0.0919 e. The van der Waals surface area contributed by atoms with E-state index in [0.717, 1.165) is 11.0 Å². The standard InChI is InChI=1S/C8H6N2.C4H4N2.2C3H4N2/c1-2-4-8-7(3-1)9-5-6-10-8;1-2-6-4-3-5-1;2*1-2-5-3-4-1/h1-6H;1-4H;2*1-3H,(H,4,5). The molecule has 0 aliphatic carbocycles. The molecule has 0 atom stereocenters. The molecule has 0 unspecified atom stereocenters. The van der Waals surface area contributed by atoms with Crippen molar-refractivity contribution in [3.63, 3.8) is 0 Å². The summed E-state index contributed by atoms with van der Waals surface area (Å²) in [5.41, 5.74) is 1.90. The third-order valence-corrected chi connectivity index (χ3v) is 2.67. The van der Waals surface area contributed by atoms with Gasteiger partial charge in [0.2, 0.25) is 0 Å². The third-order valence-electron chi connectivity index (χ3n) is 2.67. The molecule has 0 saturated heterocycles. The molecule has 0 amide bonds. The summed E-state index contributed by atoms with van der Waals surface area (Å²) in [5, 5.41) is 0. The van der Waals surface area contributed by atoms with Crippen LogP contribution in [0.2, 0.25) is 0 Å². The summed E-state index contributed by atoms with van der Waals surface area (Å²) in [6.07, 6.45) is 20.1. The minimum Gasteiger partial charge on any atom is -0.351 e. The van der Waals surface area contributed by atoms with E-state index in [1.165, 1.54) is 0 Å². The van der Waals surface area contributed by atoms with Crippen LogP contribution in [-0.2, 0) is 0 Å². The Morgan fingerprint density at radius 1 is 0.500 bits per heavy atom. The highest BCUT2D eigenvalue weighted by molar-refractivity contribution is 5.72. The van der Waals surface area contributed by atoms with E-state index < -0.39 is 0 Å². The molecule has 4 heterocycles. The molecule has 0 spiro atoms. The molecule has 0 saturated carbocycles. The van der Waals surface area contributed by atoms with Gasteiger partial charge >= 0.3 is 0 Å². The first-order valence-corrected chi connectivity index (χ1v) is 7.68. The van der Waals surface area contributed by atoms with Crippen LogP contribution >= 0.6 is 0 Å². The van der Waals surface area contributed by atoms with Crippen molar-refractivity contribution in [2.45, 2.75) is 0 Å². The van der Waals surface area contributed by atoms with Crippen LogP contribution in [0.4, 0.5) is 0 Å². The molecule has 130 valence electrons. The van der Waals surface area contributed by atoms with Gasteiger partial charge in [0.15, 0.2) is 0 Å². The van der Waals surface area contributed by atoms with Crippen molar-refractivity contribution in [3.8, 4) is 0 Å². The summed E-state index contributed by atoms with van der Waals surface area (Å²) in [6.45, 7) is 0. The van der Waals surface area contributed by atoms with Gasteiger partial charge in [-0.1, -0.05) is 12.1 Å². The lowest BCUT2D eigenvalue weighted by Crippen LogP contribution is -1.78. The van der Waals surface area contributed by atoms with Crippen LogP contribution in [0, 0.1) is 0 Å². The van der Waals surface area contributed by atoms with Crippen molar-refractivity contribution in [2.24, 2.45) is 0 Å². The van der Waals surface area contributed by atoms with Gasteiger partial charge in [-0.3, -0.25) is 19.9 Å². The van der Waals surface area contributed by atoms with E-state index in [0.29, 0.717) is 0 Å². The number of aromatic nitrogens is 8. The second kappa shape index (κ2) is 12.5. The molecule has 1 aromatic carbocycles. The first-order valence-electron chi connectivity index (χ1n) is 7.68. The highest BCUT2D eigenvalue weighted by Gasteiger charge is 1.88. The van der Waals surface area contributed by atoms with Gasteiger partial charge in [0.1, 0.15) is 0 Å². The Morgan fingerprint density at radius 2 is 0.962 bits per heavy atom. The third kappa shape index (κ3) is 8.06. The molecular weight excluding hydrogens is 328 g/mol. The van der Waals surface area contributed by atoms with Gasteiger partial charge in [-0.25, -0.2) is 9.97 Å². The molecule has 0 radical (unpaired) electrons. The van der Waals surface area contributed by atoms with Crippen LogP contribution in [0.1, 0.15) is 0 Å². The van der Waals surface area contributed by atoms with Crippen molar-refractivity contribution in [3.05, 3.63) is 98.9 Å². The summed E-state index contributed by atoms with van der Waals surface area (Å²) in [4.78, 5) is 28.5. The number of H-pyrrole nitrogens is 2. The number of para-hydroxylation sites is 2. The predicted molar refractivity (Wildman–Crippen MR) is 98.7 cm³/mol. The second-order valence-corrected chi connectivity index (χ2v) is 4.46. The molecule has 0 aliphatic heterocycles. The first kappa shape index (κ1) is 18.4. The van der Waals surface area contributed by atoms with Crippen LogP contribution < -0.4 is 0 Å². The van der Waals surface area contributed by atoms with E-state index >= 15 is 0 Å². The Hall–Kier alpha value is -3.94. The number of imidazole rings is 2. The molecule has 0 aliphatic rings. The van der Waals surface area contributed by atoms with Crippen molar-refractivity contribution in [1.82, 2.24) is 39.9 Å². The average molecular weight is 346 g/mol. The number of rotatable bonds is 0. The van der Waals surface area contributed by atoms with Crippen LogP contribution in [0.25, 0.3) is 11.0 Å². The van der Waals surface area contributed by atoms with Crippen LogP contribution in [0.3, 0.4) is 0 Å². The largest absolute Gasteiger partial charge is 0.351 e. The van der Waals surface area contributed by atoms with Crippen molar-refractivity contribution in [2.75, 3.05) is 0 Å². The topological polar surface area (TPSA) is 109 Å². The molecule has 0 bridgehead atoms. The summed E-state index contributed by atoms with van der Waals surface area (Å²) < 4.78 is 0. The van der Waals surface area contributed by atoms with Crippen molar-refractivity contribution < 1.29 is 0 Å². The zero-order valence-electron chi connectivity index (χ0n) is 13.9. The molecule has 5 rings (SSSR count). The van der Waals surface area contributed by atoms with Crippen molar-refractivity contribution in [1.29, 1.82) is 0 Å². The predicted octanol–water partition coefficient (Wildman–Crippen LogP) is 2.93. The normalized spacial score (nSPS) is 8.77. The number of fused-ring (bicyclic) bond motifs is 1. The number of aromatic amines is 2. The van der Waals surface area contributed by atoms with Gasteiger partial charge in [0, 0.05) is 62.0 Å². The van der Waals surface area contributed by atoms with E-state index in [4.69, 9.17) is 0 Å². The fourth-order valence-corrected chi connectivity index (χ4v) is 1.59.